The summed E-state index contributed by atoms with van der Waals surface area (Å²) in [6, 6.07) is 0. The number of allylic oxidation sites excluding steroid dienone is 2. The van der Waals surface area contributed by atoms with Gasteiger partial charge in [-0.3, -0.25) is 19.3 Å². The summed E-state index contributed by atoms with van der Waals surface area (Å²) >= 11 is 1.27. The molecular formula is C19H22N2O5S. The molecule has 0 radical (unpaired) electrons. The lowest BCUT2D eigenvalue weighted by Gasteiger charge is -2.14. The maximum absolute atomic E-state index is 12.5. The molecule has 0 saturated carbocycles. The molecule has 7 nitrogen and oxygen atoms in total. The molecule has 3 rings (SSSR count). The van der Waals surface area contributed by atoms with Gasteiger partial charge in [0.2, 0.25) is 17.7 Å². The normalized spacial score (nSPS) is 21.4. The molecule has 0 spiro atoms. The van der Waals surface area contributed by atoms with Crippen molar-refractivity contribution < 1.29 is 23.9 Å². The van der Waals surface area contributed by atoms with E-state index in [-0.39, 0.29) is 36.8 Å². The van der Waals surface area contributed by atoms with Crippen LogP contribution in [0.1, 0.15) is 40.6 Å². The molecule has 1 fully saturated rings. The number of hydrogen-bond acceptors (Lipinski definition) is 6. The summed E-state index contributed by atoms with van der Waals surface area (Å²) in [5.74, 6) is -2.33. The summed E-state index contributed by atoms with van der Waals surface area (Å²) in [6.45, 7) is 5.24. The predicted molar refractivity (Wildman–Crippen MR) is 100 cm³/mol. The summed E-state index contributed by atoms with van der Waals surface area (Å²) in [5, 5.41) is 3.06. The Kier molecular flexibility index (Phi) is 5.46. The molecule has 0 aromatic carbocycles. The summed E-state index contributed by atoms with van der Waals surface area (Å²) in [6.07, 6.45) is 4.87. The van der Waals surface area contributed by atoms with Crippen molar-refractivity contribution in [1.29, 1.82) is 0 Å². The first kappa shape index (κ1) is 19.3. The van der Waals surface area contributed by atoms with E-state index < -0.39 is 11.9 Å². The number of carbonyl (C=O) groups is 4. The number of anilines is 1. The number of thiophene rings is 1. The van der Waals surface area contributed by atoms with Gasteiger partial charge >= 0.3 is 5.97 Å². The fourth-order valence-electron chi connectivity index (χ4n) is 3.50. The zero-order valence-corrected chi connectivity index (χ0v) is 16.4. The Balaban J connectivity index is 1.74. The average Bonchev–Trinajstić information content (AvgIpc) is 3.04. The third-order valence-electron chi connectivity index (χ3n) is 5.02. The predicted octanol–water partition coefficient (Wildman–Crippen LogP) is 2.43. The zero-order chi connectivity index (χ0) is 19.7. The number of imide groups is 1. The Morgan fingerprint density at radius 1 is 1.19 bits per heavy atom. The van der Waals surface area contributed by atoms with E-state index in [0.29, 0.717) is 23.4 Å². The molecular weight excluding hydrogens is 368 g/mol. The number of amides is 3. The van der Waals surface area contributed by atoms with Crippen LogP contribution in [0, 0.1) is 25.7 Å². The Labute approximate surface area is 161 Å². The van der Waals surface area contributed by atoms with E-state index in [9.17, 15) is 19.2 Å². The van der Waals surface area contributed by atoms with Crippen LogP contribution in [-0.2, 0) is 19.1 Å². The van der Waals surface area contributed by atoms with Crippen LogP contribution < -0.4 is 5.32 Å². The molecule has 2 atom stereocenters. The van der Waals surface area contributed by atoms with Gasteiger partial charge in [0, 0.05) is 4.88 Å². The second-order valence-electron chi connectivity index (χ2n) is 6.67. The summed E-state index contributed by atoms with van der Waals surface area (Å²) in [7, 11) is 0. The maximum atomic E-state index is 12.5. The van der Waals surface area contributed by atoms with E-state index in [0.717, 1.165) is 15.3 Å². The number of nitrogens with zero attached hydrogens (tertiary/aromatic N) is 1. The van der Waals surface area contributed by atoms with Crippen molar-refractivity contribution in [3.8, 4) is 0 Å². The van der Waals surface area contributed by atoms with Crippen LogP contribution in [0.25, 0.3) is 0 Å². The molecule has 1 aliphatic heterocycles. The van der Waals surface area contributed by atoms with Crippen LogP contribution in [0.3, 0.4) is 0 Å². The van der Waals surface area contributed by atoms with Crippen molar-refractivity contribution in [2.45, 2.75) is 33.6 Å². The number of hydrogen-bond donors (Lipinski definition) is 1. The van der Waals surface area contributed by atoms with Gasteiger partial charge in [-0.25, -0.2) is 4.79 Å². The van der Waals surface area contributed by atoms with Gasteiger partial charge in [-0.2, -0.15) is 0 Å². The largest absolute Gasteiger partial charge is 0.462 e. The summed E-state index contributed by atoms with van der Waals surface area (Å²) in [4.78, 5) is 51.6. The molecule has 27 heavy (non-hydrogen) atoms. The van der Waals surface area contributed by atoms with Gasteiger partial charge in [0.05, 0.1) is 24.0 Å². The number of esters is 1. The average molecular weight is 390 g/mol. The van der Waals surface area contributed by atoms with Crippen molar-refractivity contribution >= 4 is 40.0 Å². The summed E-state index contributed by atoms with van der Waals surface area (Å²) in [5.41, 5.74) is 1.07. The van der Waals surface area contributed by atoms with Gasteiger partial charge in [0.1, 0.15) is 11.5 Å². The van der Waals surface area contributed by atoms with Crippen LogP contribution in [-0.4, -0.2) is 41.7 Å². The molecule has 1 aromatic rings. The Morgan fingerprint density at radius 2 is 1.78 bits per heavy atom. The lowest BCUT2D eigenvalue weighted by Crippen LogP contribution is -2.38. The zero-order valence-electron chi connectivity index (χ0n) is 15.5. The smallest absolute Gasteiger partial charge is 0.341 e. The topological polar surface area (TPSA) is 92.8 Å². The van der Waals surface area contributed by atoms with Crippen molar-refractivity contribution in [3.63, 3.8) is 0 Å². The standard InChI is InChI=1S/C19H22N2O5S/c1-4-26-19(25)15-10(2)11(3)27-16(15)20-14(22)9-21-17(23)12-7-5-6-8-13(12)18(21)24/h5-6,12-13H,4,7-9H2,1-3H3,(H,20,22)/t12-,13-/m1/s1. The third kappa shape index (κ3) is 3.53. The van der Waals surface area contributed by atoms with Crippen LogP contribution in [0.15, 0.2) is 12.2 Å². The lowest BCUT2D eigenvalue weighted by atomic mass is 9.85. The van der Waals surface area contributed by atoms with E-state index in [4.69, 9.17) is 4.74 Å². The Hall–Kier alpha value is -2.48. The minimum Gasteiger partial charge on any atom is -0.462 e. The molecule has 0 bridgehead atoms. The molecule has 1 N–H and O–H groups in total. The molecule has 3 amide bonds. The van der Waals surface area contributed by atoms with E-state index in [1.165, 1.54) is 11.3 Å². The van der Waals surface area contributed by atoms with Gasteiger partial charge in [0.25, 0.3) is 0 Å². The van der Waals surface area contributed by atoms with E-state index >= 15 is 0 Å². The van der Waals surface area contributed by atoms with Gasteiger partial charge in [-0.15, -0.1) is 11.3 Å². The highest BCUT2D eigenvalue weighted by molar-refractivity contribution is 7.16. The second kappa shape index (κ2) is 7.64. The molecule has 8 heteroatoms. The number of ether oxygens (including phenoxy) is 1. The van der Waals surface area contributed by atoms with Crippen molar-refractivity contribution in [2.24, 2.45) is 11.8 Å². The van der Waals surface area contributed by atoms with Crippen molar-refractivity contribution in [1.82, 2.24) is 4.90 Å². The SMILES string of the molecule is CCOC(=O)c1c(NC(=O)CN2C(=O)[C@@H]3CC=CC[C@H]3C2=O)sc(C)c1C. The van der Waals surface area contributed by atoms with Gasteiger partial charge in [-0.1, -0.05) is 12.2 Å². The van der Waals surface area contributed by atoms with Crippen molar-refractivity contribution in [3.05, 3.63) is 28.2 Å². The molecule has 1 saturated heterocycles. The molecule has 2 heterocycles. The number of likely N-dealkylation sites (tertiary alicyclic amines) is 1. The Bertz CT molecular complexity index is 815. The van der Waals surface area contributed by atoms with Crippen LogP contribution in [0.5, 0.6) is 0 Å². The number of aryl methyl sites for hydroxylation is 1. The lowest BCUT2D eigenvalue weighted by molar-refractivity contribution is -0.142. The van der Waals surface area contributed by atoms with E-state index in [1.54, 1.807) is 13.8 Å². The highest BCUT2D eigenvalue weighted by atomic mass is 32.1. The number of fused-ring (bicyclic) bond motifs is 1. The fourth-order valence-corrected chi connectivity index (χ4v) is 4.56. The molecule has 144 valence electrons. The maximum Gasteiger partial charge on any atom is 0.341 e. The fraction of sp³-hybridized carbons (Fsp3) is 0.474. The van der Waals surface area contributed by atoms with Crippen LogP contribution >= 0.6 is 11.3 Å². The third-order valence-corrected chi connectivity index (χ3v) is 6.14. The second-order valence-corrected chi connectivity index (χ2v) is 7.90. The van der Waals surface area contributed by atoms with Crippen molar-refractivity contribution in [2.75, 3.05) is 18.5 Å². The first-order valence-electron chi connectivity index (χ1n) is 8.92. The van der Waals surface area contributed by atoms with E-state index in [1.807, 2.05) is 19.1 Å². The van der Waals surface area contributed by atoms with Gasteiger partial charge in [0.15, 0.2) is 0 Å². The number of nitrogens with one attached hydrogen (secondary N) is 1. The first-order chi connectivity index (χ1) is 12.8. The number of rotatable bonds is 5. The van der Waals surface area contributed by atoms with E-state index in [2.05, 4.69) is 5.32 Å². The molecule has 2 aliphatic rings. The van der Waals surface area contributed by atoms with Gasteiger partial charge < -0.3 is 10.1 Å². The molecule has 1 aromatic heterocycles. The van der Waals surface area contributed by atoms with Gasteiger partial charge in [-0.05, 0) is 39.2 Å². The highest BCUT2D eigenvalue weighted by Crippen LogP contribution is 2.36. The molecule has 1 aliphatic carbocycles. The minimum absolute atomic E-state index is 0.230. The molecule has 0 unspecified atom stereocenters. The van der Waals surface area contributed by atoms with Crippen LogP contribution in [0.2, 0.25) is 0 Å². The quantitative estimate of drug-likeness (QED) is 0.474. The van der Waals surface area contributed by atoms with Crippen LogP contribution in [0.4, 0.5) is 5.00 Å². The first-order valence-corrected chi connectivity index (χ1v) is 9.74. The summed E-state index contributed by atoms with van der Waals surface area (Å²) < 4.78 is 5.07. The highest BCUT2D eigenvalue weighted by Gasteiger charge is 2.47. The monoisotopic (exact) mass is 390 g/mol. The Morgan fingerprint density at radius 3 is 2.33 bits per heavy atom. The number of carbonyl (C=O) groups excluding carboxylic acids is 4. The minimum atomic E-state index is -0.505.